The van der Waals surface area contributed by atoms with Crippen LogP contribution in [0, 0.1) is 5.92 Å². The van der Waals surface area contributed by atoms with E-state index in [-0.39, 0.29) is 6.61 Å². The molecular weight excluding hydrogens is 308 g/mol. The van der Waals surface area contributed by atoms with Crippen molar-refractivity contribution >= 4 is 33.9 Å². The average molecular weight is 326 g/mol. The van der Waals surface area contributed by atoms with Gasteiger partial charge < -0.3 is 20.6 Å². The summed E-state index contributed by atoms with van der Waals surface area (Å²) in [6.45, 7) is 1.67. The van der Waals surface area contributed by atoms with Crippen molar-refractivity contribution in [1.29, 1.82) is 0 Å². The van der Waals surface area contributed by atoms with Crippen molar-refractivity contribution in [3.8, 4) is 0 Å². The van der Waals surface area contributed by atoms with Gasteiger partial charge in [0, 0.05) is 22.2 Å². The normalized spacial score (nSPS) is 13.7. The maximum atomic E-state index is 11.9. The van der Waals surface area contributed by atoms with Crippen LogP contribution >= 0.6 is 0 Å². The van der Waals surface area contributed by atoms with Crippen molar-refractivity contribution < 1.29 is 19.4 Å². The Balaban J connectivity index is 2.11. The number of nitrogens with one attached hydrogen (secondary N) is 1. The molecule has 2 aromatic carbocycles. The van der Waals surface area contributed by atoms with E-state index in [0.29, 0.717) is 5.56 Å². The van der Waals surface area contributed by atoms with Gasteiger partial charge in [0.1, 0.15) is 0 Å². The predicted octanol–water partition coefficient (Wildman–Crippen LogP) is 3.22. The molecule has 0 aliphatic heterocycles. The molecule has 6 heteroatoms. The second-order valence-corrected chi connectivity index (χ2v) is 5.86. The molecule has 0 aliphatic carbocycles. The molecule has 2 atom stereocenters. The highest BCUT2D eigenvalue weighted by molar-refractivity contribution is 6.09. The van der Waals surface area contributed by atoms with Gasteiger partial charge in [0.2, 0.25) is 0 Å². The third-order valence-electron chi connectivity index (χ3n) is 4.23. The summed E-state index contributed by atoms with van der Waals surface area (Å²) in [6.07, 6.45) is -0.908. The molecule has 0 saturated carbocycles. The lowest BCUT2D eigenvalue weighted by atomic mass is 9.86. The number of H-pyrrole nitrogens is 1. The Morgan fingerprint density at radius 2 is 1.88 bits per heavy atom. The van der Waals surface area contributed by atoms with Crippen LogP contribution in [-0.2, 0) is 9.53 Å². The van der Waals surface area contributed by atoms with Crippen molar-refractivity contribution in [2.75, 3.05) is 6.61 Å². The summed E-state index contributed by atoms with van der Waals surface area (Å²) in [5.74, 6) is -2.21. The maximum absolute atomic E-state index is 11.9. The van der Waals surface area contributed by atoms with E-state index >= 15 is 0 Å². The molecule has 6 nitrogen and oxygen atoms in total. The van der Waals surface area contributed by atoms with Crippen LogP contribution in [-0.4, -0.2) is 28.8 Å². The number of nitrogens with two attached hydrogens (primary N) is 1. The number of aliphatic carboxylic acids is 1. The molecule has 0 aliphatic rings. The molecule has 0 spiro atoms. The predicted molar refractivity (Wildman–Crippen MR) is 90.9 cm³/mol. The summed E-state index contributed by atoms with van der Waals surface area (Å²) >= 11 is 0. The SMILES string of the molecule is CC(COC(N)=O)C(C(=O)O)c1cccc2c1[nH]c1ccccc12. The molecule has 0 bridgehead atoms. The molecule has 4 N–H and O–H groups in total. The van der Waals surface area contributed by atoms with Crippen LogP contribution in [0.1, 0.15) is 18.4 Å². The lowest BCUT2D eigenvalue weighted by molar-refractivity contribution is -0.140. The summed E-state index contributed by atoms with van der Waals surface area (Å²) in [5, 5.41) is 11.7. The lowest BCUT2D eigenvalue weighted by Gasteiger charge is -2.20. The fourth-order valence-corrected chi connectivity index (χ4v) is 3.15. The Labute approximate surface area is 138 Å². The number of para-hydroxylation sites is 2. The van der Waals surface area contributed by atoms with Gasteiger partial charge in [0.25, 0.3) is 0 Å². The molecule has 1 heterocycles. The number of carbonyl (C=O) groups excluding carboxylic acids is 1. The van der Waals surface area contributed by atoms with Gasteiger partial charge in [-0.05, 0) is 11.6 Å². The van der Waals surface area contributed by atoms with Gasteiger partial charge in [-0.3, -0.25) is 4.79 Å². The number of hydrogen-bond donors (Lipinski definition) is 3. The number of aromatic nitrogens is 1. The molecular formula is C18H18N2O4. The van der Waals surface area contributed by atoms with Gasteiger partial charge in [0.15, 0.2) is 0 Å². The first kappa shape index (κ1) is 15.9. The summed E-state index contributed by atoms with van der Waals surface area (Å²) in [6, 6.07) is 13.4. The number of benzene rings is 2. The van der Waals surface area contributed by atoms with Crippen LogP contribution in [0.4, 0.5) is 4.79 Å². The fraction of sp³-hybridized carbons (Fsp3) is 0.222. The first-order valence-corrected chi connectivity index (χ1v) is 7.63. The third kappa shape index (κ3) is 2.78. The van der Waals surface area contributed by atoms with Crippen LogP contribution < -0.4 is 5.73 Å². The van der Waals surface area contributed by atoms with Crippen molar-refractivity contribution in [2.45, 2.75) is 12.8 Å². The summed E-state index contributed by atoms with van der Waals surface area (Å²) < 4.78 is 4.79. The number of carboxylic acid groups (broad SMARTS) is 1. The molecule has 1 amide bonds. The number of carbonyl (C=O) groups is 2. The lowest BCUT2D eigenvalue weighted by Crippen LogP contribution is -2.26. The number of ether oxygens (including phenoxy) is 1. The van der Waals surface area contributed by atoms with Gasteiger partial charge in [-0.15, -0.1) is 0 Å². The minimum absolute atomic E-state index is 0.0527. The highest BCUT2D eigenvalue weighted by Gasteiger charge is 2.29. The highest BCUT2D eigenvalue weighted by Crippen LogP contribution is 2.34. The molecule has 2 unspecified atom stereocenters. The van der Waals surface area contributed by atoms with E-state index in [1.54, 1.807) is 13.0 Å². The molecule has 0 radical (unpaired) electrons. The van der Waals surface area contributed by atoms with E-state index in [1.807, 2.05) is 36.4 Å². The number of amides is 1. The number of fused-ring (bicyclic) bond motifs is 3. The fourth-order valence-electron chi connectivity index (χ4n) is 3.15. The van der Waals surface area contributed by atoms with Crippen molar-refractivity contribution in [1.82, 2.24) is 4.98 Å². The van der Waals surface area contributed by atoms with Gasteiger partial charge in [-0.1, -0.05) is 43.3 Å². The zero-order valence-corrected chi connectivity index (χ0v) is 13.2. The van der Waals surface area contributed by atoms with E-state index in [2.05, 4.69) is 4.98 Å². The van der Waals surface area contributed by atoms with Crippen molar-refractivity contribution in [3.05, 3.63) is 48.0 Å². The number of aromatic amines is 1. The Bertz CT molecular complexity index is 916. The number of carboxylic acids is 1. The second-order valence-electron chi connectivity index (χ2n) is 5.86. The van der Waals surface area contributed by atoms with Crippen LogP contribution in [0.5, 0.6) is 0 Å². The summed E-state index contributed by atoms with van der Waals surface area (Å²) in [7, 11) is 0. The Morgan fingerprint density at radius 1 is 1.17 bits per heavy atom. The number of primary amides is 1. The van der Waals surface area contributed by atoms with Crippen LogP contribution in [0.2, 0.25) is 0 Å². The Kier molecular flexibility index (Phi) is 4.12. The van der Waals surface area contributed by atoms with E-state index in [4.69, 9.17) is 10.5 Å². The van der Waals surface area contributed by atoms with Crippen molar-refractivity contribution in [3.63, 3.8) is 0 Å². The van der Waals surface area contributed by atoms with Crippen LogP contribution in [0.15, 0.2) is 42.5 Å². The standard InChI is InChI=1S/C18H18N2O4/c1-10(9-24-18(19)23)15(17(21)22)13-7-4-6-12-11-5-2-3-8-14(11)20-16(12)13/h2-8,10,15,20H,9H2,1H3,(H2,19,23)(H,21,22). The van der Waals surface area contributed by atoms with E-state index in [0.717, 1.165) is 21.8 Å². The molecule has 3 rings (SSSR count). The molecule has 124 valence electrons. The third-order valence-corrected chi connectivity index (χ3v) is 4.23. The molecule has 0 saturated heterocycles. The second kappa shape index (κ2) is 6.23. The van der Waals surface area contributed by atoms with Gasteiger partial charge in [-0.25, -0.2) is 4.79 Å². The largest absolute Gasteiger partial charge is 0.481 e. The smallest absolute Gasteiger partial charge is 0.404 e. The van der Waals surface area contributed by atoms with Crippen molar-refractivity contribution in [2.24, 2.45) is 11.7 Å². The molecule has 3 aromatic rings. The number of rotatable bonds is 5. The van der Waals surface area contributed by atoms with E-state index < -0.39 is 23.9 Å². The summed E-state index contributed by atoms with van der Waals surface area (Å²) in [5.41, 5.74) is 7.38. The van der Waals surface area contributed by atoms with Gasteiger partial charge in [-0.2, -0.15) is 0 Å². The Hall–Kier alpha value is -3.02. The van der Waals surface area contributed by atoms with E-state index in [1.165, 1.54) is 0 Å². The van der Waals surface area contributed by atoms with Crippen LogP contribution in [0.3, 0.4) is 0 Å². The highest BCUT2D eigenvalue weighted by atomic mass is 16.5. The molecule has 0 fully saturated rings. The molecule has 24 heavy (non-hydrogen) atoms. The van der Waals surface area contributed by atoms with E-state index in [9.17, 15) is 14.7 Å². The van der Waals surface area contributed by atoms with Crippen LogP contribution in [0.25, 0.3) is 21.8 Å². The minimum Gasteiger partial charge on any atom is -0.481 e. The summed E-state index contributed by atoms with van der Waals surface area (Å²) in [4.78, 5) is 26.0. The minimum atomic E-state index is -0.971. The number of hydrogen-bond acceptors (Lipinski definition) is 3. The van der Waals surface area contributed by atoms with Gasteiger partial charge in [0.05, 0.1) is 18.0 Å². The Morgan fingerprint density at radius 3 is 2.58 bits per heavy atom. The maximum Gasteiger partial charge on any atom is 0.404 e. The molecule has 1 aromatic heterocycles. The first-order chi connectivity index (χ1) is 11.5. The zero-order valence-electron chi connectivity index (χ0n) is 13.2. The quantitative estimate of drug-likeness (QED) is 0.669. The average Bonchev–Trinajstić information content (AvgIpc) is 2.92. The van der Waals surface area contributed by atoms with Gasteiger partial charge >= 0.3 is 12.1 Å². The monoisotopic (exact) mass is 326 g/mol. The zero-order chi connectivity index (χ0) is 17.3. The first-order valence-electron chi connectivity index (χ1n) is 7.63. The topological polar surface area (TPSA) is 105 Å².